The molecule has 0 aromatic rings. The minimum absolute atomic E-state index is 0. The van der Waals surface area contributed by atoms with Crippen molar-refractivity contribution < 1.29 is 0 Å². The fraction of sp³-hybridized carbons (Fsp3) is 1.00. The van der Waals surface area contributed by atoms with Crippen LogP contribution in [0.5, 0.6) is 0 Å². The van der Waals surface area contributed by atoms with Gasteiger partial charge in [-0.3, -0.25) is 0 Å². The van der Waals surface area contributed by atoms with Crippen LogP contribution in [0.15, 0.2) is 0 Å². The fourth-order valence-corrected chi connectivity index (χ4v) is 0. The van der Waals surface area contributed by atoms with Crippen molar-refractivity contribution in [2.24, 2.45) is 0 Å². The van der Waals surface area contributed by atoms with Crippen LogP contribution in [-0.4, -0.2) is 0 Å². The van der Waals surface area contributed by atoms with Crippen molar-refractivity contribution in [3.05, 3.63) is 0 Å². The quantitative estimate of drug-likeness (QED) is 0.505. The molecule has 48 valence electrons. The van der Waals surface area contributed by atoms with E-state index in [0.717, 1.165) is 0 Å². The number of rotatable bonds is 0. The molecule has 0 radical (unpaired) electrons. The molecule has 0 saturated carbocycles. The van der Waals surface area contributed by atoms with Crippen molar-refractivity contribution in [3.8, 4) is 0 Å². The lowest BCUT2D eigenvalue weighted by molar-refractivity contribution is 1.09. The van der Waals surface area contributed by atoms with Gasteiger partial charge in [-0.05, 0) is 0 Å². The molecule has 0 fully saturated rings. The molecule has 0 aliphatic rings. The zero-order valence-electron chi connectivity index (χ0n) is 6.12. The summed E-state index contributed by atoms with van der Waals surface area (Å²) < 4.78 is 0. The van der Waals surface area contributed by atoms with E-state index in [1.165, 1.54) is 12.8 Å². The zero-order chi connectivity index (χ0) is 5.41. The Balaban J connectivity index is -0.0000000400. The first-order chi connectivity index (χ1) is 2.83. The zero-order valence-corrected chi connectivity index (χ0v) is 6.12. The Labute approximate surface area is 47.7 Å². The molecule has 0 saturated heterocycles. The predicted octanol–water partition coefficient (Wildman–Crippen LogP) is 2.99. The maximum atomic E-state index is 2.12. The van der Waals surface area contributed by atoms with E-state index < -0.39 is 0 Å². The normalized spacial score (nSPS) is 5.14. The Morgan fingerprint density at radius 3 is 0.714 bits per heavy atom. The van der Waals surface area contributed by atoms with E-state index in [1.807, 2.05) is 0 Å². The van der Waals surface area contributed by atoms with Crippen molar-refractivity contribution in [3.63, 3.8) is 0 Å². The Kier molecular flexibility index (Phi) is 86.0. The van der Waals surface area contributed by atoms with E-state index in [-0.39, 0.29) is 6.15 Å². The number of hydrogen-bond acceptors (Lipinski definition) is 1. The second kappa shape index (κ2) is 38.2. The molecule has 0 rings (SSSR count). The largest absolute Gasteiger partial charge is 0.344 e. The van der Waals surface area contributed by atoms with Crippen molar-refractivity contribution in [1.82, 2.24) is 6.15 Å². The highest BCUT2D eigenvalue weighted by atomic mass is 14.0. The average molecular weight is 105 g/mol. The van der Waals surface area contributed by atoms with Gasteiger partial charge in [-0.1, -0.05) is 40.5 Å². The van der Waals surface area contributed by atoms with Gasteiger partial charge in [-0.2, -0.15) is 0 Å². The molecule has 0 aliphatic carbocycles. The summed E-state index contributed by atoms with van der Waals surface area (Å²) in [6.07, 6.45) is 2.50. The van der Waals surface area contributed by atoms with Gasteiger partial charge in [0.25, 0.3) is 0 Å². The van der Waals surface area contributed by atoms with Crippen molar-refractivity contribution >= 4 is 0 Å². The highest BCUT2D eigenvalue weighted by Gasteiger charge is 1.36. The first-order valence-electron chi connectivity index (χ1n) is 2.83. The van der Waals surface area contributed by atoms with Crippen molar-refractivity contribution in [1.29, 1.82) is 0 Å². The fourth-order valence-electron chi connectivity index (χ4n) is 0. The van der Waals surface area contributed by atoms with Crippen LogP contribution in [0, 0.1) is 0 Å². The summed E-state index contributed by atoms with van der Waals surface area (Å²) in [6, 6.07) is 0. The molecule has 0 aliphatic heterocycles. The third-order valence-corrected chi connectivity index (χ3v) is 0. The minimum Gasteiger partial charge on any atom is -0.344 e. The molecule has 0 unspecified atom stereocenters. The molecule has 0 aromatic heterocycles. The lowest BCUT2D eigenvalue weighted by Gasteiger charge is -1.48. The van der Waals surface area contributed by atoms with Crippen LogP contribution in [0.4, 0.5) is 0 Å². The maximum absolute atomic E-state index is 2.12. The van der Waals surface area contributed by atoms with Gasteiger partial charge in [0.15, 0.2) is 0 Å². The molecule has 3 N–H and O–H groups in total. The number of hydrogen-bond donors (Lipinski definition) is 1. The molecule has 0 amide bonds. The summed E-state index contributed by atoms with van der Waals surface area (Å²) in [5.74, 6) is 0. The van der Waals surface area contributed by atoms with E-state index >= 15 is 0 Å². The van der Waals surface area contributed by atoms with E-state index in [9.17, 15) is 0 Å². The molecule has 7 heavy (non-hydrogen) atoms. The van der Waals surface area contributed by atoms with Crippen LogP contribution in [0.3, 0.4) is 0 Å². The third-order valence-electron chi connectivity index (χ3n) is 0. The Morgan fingerprint density at radius 2 is 0.714 bits per heavy atom. The minimum atomic E-state index is 0. The highest BCUT2D eigenvalue weighted by molar-refractivity contribution is 3.92. The summed E-state index contributed by atoms with van der Waals surface area (Å²) in [6.45, 7) is 8.50. The van der Waals surface area contributed by atoms with Crippen molar-refractivity contribution in [2.75, 3.05) is 0 Å². The highest BCUT2D eigenvalue weighted by Crippen LogP contribution is 1.56. The first kappa shape index (κ1) is 15.8. The van der Waals surface area contributed by atoms with E-state index in [2.05, 4.69) is 27.7 Å². The lowest BCUT2D eigenvalue weighted by atomic mass is 10.6. The monoisotopic (exact) mass is 105 g/mol. The van der Waals surface area contributed by atoms with Crippen LogP contribution >= 0.6 is 0 Å². The summed E-state index contributed by atoms with van der Waals surface area (Å²) >= 11 is 0. The average Bonchev–Trinajstić information content (AvgIpc) is 1.39. The summed E-state index contributed by atoms with van der Waals surface area (Å²) in [4.78, 5) is 0. The topological polar surface area (TPSA) is 35.0 Å². The molecule has 0 spiro atoms. The Morgan fingerprint density at radius 1 is 0.714 bits per heavy atom. The van der Waals surface area contributed by atoms with Gasteiger partial charge in [0.2, 0.25) is 0 Å². The van der Waals surface area contributed by atoms with E-state index in [4.69, 9.17) is 0 Å². The third kappa shape index (κ3) is 58400. The second-order valence-electron chi connectivity index (χ2n) is 1.41. The standard InChI is InChI=1S/2C3H8.H3N/c2*1-3-2;/h2*3H2,1-2H3;1H3. The smallest absolute Gasteiger partial charge is 0.0590 e. The molecule has 0 atom stereocenters. The second-order valence-corrected chi connectivity index (χ2v) is 1.41. The van der Waals surface area contributed by atoms with E-state index in [0.29, 0.717) is 0 Å². The van der Waals surface area contributed by atoms with Crippen LogP contribution < -0.4 is 6.15 Å². The molecule has 0 aromatic carbocycles. The molecule has 0 bridgehead atoms. The maximum Gasteiger partial charge on any atom is -0.0590 e. The predicted molar refractivity (Wildman–Crippen MR) is 37.0 cm³/mol. The van der Waals surface area contributed by atoms with Gasteiger partial charge >= 0.3 is 0 Å². The van der Waals surface area contributed by atoms with Gasteiger partial charge in [0.05, 0.1) is 0 Å². The molecule has 1 heteroatoms. The molecular weight excluding hydrogens is 86.1 g/mol. The summed E-state index contributed by atoms with van der Waals surface area (Å²) in [7, 11) is 0. The van der Waals surface area contributed by atoms with Gasteiger partial charge in [-0.25, -0.2) is 0 Å². The van der Waals surface area contributed by atoms with E-state index in [1.54, 1.807) is 0 Å². The van der Waals surface area contributed by atoms with Gasteiger partial charge < -0.3 is 6.15 Å². The SMILES string of the molecule is CCC.CCC.N. The molecule has 1 nitrogen and oxygen atoms in total. The van der Waals surface area contributed by atoms with Crippen LogP contribution in [0.25, 0.3) is 0 Å². The van der Waals surface area contributed by atoms with Gasteiger partial charge in [0, 0.05) is 0 Å². The molecule has 0 heterocycles. The van der Waals surface area contributed by atoms with Gasteiger partial charge in [-0.15, -0.1) is 0 Å². The van der Waals surface area contributed by atoms with Crippen LogP contribution in [-0.2, 0) is 0 Å². The molecular formula is C6H19N. The first-order valence-corrected chi connectivity index (χ1v) is 2.83. The van der Waals surface area contributed by atoms with Gasteiger partial charge in [0.1, 0.15) is 0 Å². The van der Waals surface area contributed by atoms with Crippen LogP contribution in [0.2, 0.25) is 0 Å². The Bertz CT molecular complexity index is 6.14. The Hall–Kier alpha value is -0.0400. The lowest BCUT2D eigenvalue weighted by Crippen LogP contribution is -1.27. The summed E-state index contributed by atoms with van der Waals surface area (Å²) in [5, 5.41) is 0. The van der Waals surface area contributed by atoms with Crippen LogP contribution in [0.1, 0.15) is 40.5 Å². The summed E-state index contributed by atoms with van der Waals surface area (Å²) in [5.41, 5.74) is 0. The van der Waals surface area contributed by atoms with Crippen molar-refractivity contribution in [2.45, 2.75) is 40.5 Å².